The van der Waals surface area contributed by atoms with Gasteiger partial charge in [0, 0.05) is 12.4 Å². The number of benzene rings is 1. The van der Waals surface area contributed by atoms with E-state index in [4.69, 9.17) is 5.84 Å². The molecule has 3 heteroatoms. The van der Waals surface area contributed by atoms with Gasteiger partial charge in [-0.15, -0.1) is 0 Å². The fraction of sp³-hybridized carbons (Fsp3) is 0.312. The van der Waals surface area contributed by atoms with Gasteiger partial charge in [-0.05, 0) is 41.7 Å². The molecule has 100 valence electrons. The molecule has 0 fully saturated rings. The molecular weight excluding hydrogens is 234 g/mol. The molecule has 3 N–H and O–H groups in total. The fourth-order valence-electron chi connectivity index (χ4n) is 2.34. The molecule has 2 aromatic rings. The summed E-state index contributed by atoms with van der Waals surface area (Å²) < 4.78 is 0. The molecule has 0 saturated heterocycles. The molecule has 0 radical (unpaired) electrons. The maximum Gasteiger partial charge on any atom is 0.0713 e. The van der Waals surface area contributed by atoms with Gasteiger partial charge < -0.3 is 0 Å². The lowest BCUT2D eigenvalue weighted by Gasteiger charge is -2.19. The predicted octanol–water partition coefficient (Wildman–Crippen LogP) is 2.90. The van der Waals surface area contributed by atoms with Crippen molar-refractivity contribution in [2.24, 2.45) is 5.84 Å². The molecule has 0 aliphatic carbocycles. The number of nitrogens with zero attached hydrogens (tertiary/aromatic N) is 1. The molecule has 0 aliphatic rings. The molecule has 0 bridgehead atoms. The van der Waals surface area contributed by atoms with E-state index in [9.17, 15) is 0 Å². The van der Waals surface area contributed by atoms with Crippen molar-refractivity contribution in [1.29, 1.82) is 0 Å². The van der Waals surface area contributed by atoms with E-state index >= 15 is 0 Å². The van der Waals surface area contributed by atoms with Gasteiger partial charge in [0.2, 0.25) is 0 Å². The summed E-state index contributed by atoms with van der Waals surface area (Å²) in [7, 11) is 0. The zero-order valence-electron chi connectivity index (χ0n) is 11.6. The van der Waals surface area contributed by atoms with Crippen molar-refractivity contribution in [3.8, 4) is 0 Å². The Morgan fingerprint density at radius 2 is 1.95 bits per heavy atom. The van der Waals surface area contributed by atoms with Crippen LogP contribution in [0.5, 0.6) is 0 Å². The highest BCUT2D eigenvalue weighted by Crippen LogP contribution is 2.24. The van der Waals surface area contributed by atoms with Crippen LogP contribution < -0.4 is 11.3 Å². The average molecular weight is 255 g/mol. The SMILES string of the molecule is CCCc1ccc(C(NN)c2ccncc2C)cc1. The largest absolute Gasteiger partial charge is 0.271 e. The predicted molar refractivity (Wildman–Crippen MR) is 78.6 cm³/mol. The van der Waals surface area contributed by atoms with Crippen LogP contribution in [0.4, 0.5) is 0 Å². The second-order valence-electron chi connectivity index (χ2n) is 4.82. The van der Waals surface area contributed by atoms with Crippen LogP contribution in [0.3, 0.4) is 0 Å². The van der Waals surface area contributed by atoms with Crippen molar-refractivity contribution in [2.75, 3.05) is 0 Å². The Morgan fingerprint density at radius 1 is 1.21 bits per heavy atom. The highest BCUT2D eigenvalue weighted by molar-refractivity contribution is 5.36. The standard InChI is InChI=1S/C16H21N3/c1-3-4-13-5-7-14(8-6-13)16(19-17)15-9-10-18-11-12(15)2/h5-11,16,19H,3-4,17H2,1-2H3. The van der Waals surface area contributed by atoms with Crippen LogP contribution in [0, 0.1) is 6.92 Å². The molecule has 1 atom stereocenters. The van der Waals surface area contributed by atoms with Gasteiger partial charge in [0.25, 0.3) is 0 Å². The first kappa shape index (κ1) is 13.7. The van der Waals surface area contributed by atoms with E-state index < -0.39 is 0 Å². The first-order valence-electron chi connectivity index (χ1n) is 6.71. The van der Waals surface area contributed by atoms with Gasteiger partial charge in [-0.3, -0.25) is 10.8 Å². The topological polar surface area (TPSA) is 50.9 Å². The summed E-state index contributed by atoms with van der Waals surface area (Å²) in [6.07, 6.45) is 5.96. The van der Waals surface area contributed by atoms with Crippen molar-refractivity contribution in [3.05, 3.63) is 65.0 Å². The fourth-order valence-corrected chi connectivity index (χ4v) is 2.34. The molecule has 1 aromatic carbocycles. The molecule has 19 heavy (non-hydrogen) atoms. The van der Waals surface area contributed by atoms with Crippen molar-refractivity contribution in [1.82, 2.24) is 10.4 Å². The van der Waals surface area contributed by atoms with E-state index in [0.29, 0.717) is 0 Å². The van der Waals surface area contributed by atoms with Crippen molar-refractivity contribution in [3.63, 3.8) is 0 Å². The Bertz CT molecular complexity index is 520. The number of hydrogen-bond donors (Lipinski definition) is 2. The Hall–Kier alpha value is -1.71. The number of hydrazine groups is 1. The third kappa shape index (κ3) is 3.19. The monoisotopic (exact) mass is 255 g/mol. The van der Waals surface area contributed by atoms with Gasteiger partial charge in [-0.2, -0.15) is 0 Å². The number of aromatic nitrogens is 1. The van der Waals surface area contributed by atoms with Crippen molar-refractivity contribution < 1.29 is 0 Å². The quantitative estimate of drug-likeness (QED) is 0.638. The molecule has 1 heterocycles. The Balaban J connectivity index is 2.29. The number of nitrogens with one attached hydrogen (secondary N) is 1. The summed E-state index contributed by atoms with van der Waals surface area (Å²) in [4.78, 5) is 4.13. The zero-order chi connectivity index (χ0) is 13.7. The van der Waals surface area contributed by atoms with E-state index in [2.05, 4.69) is 48.5 Å². The lowest BCUT2D eigenvalue weighted by molar-refractivity contribution is 0.632. The molecule has 3 nitrogen and oxygen atoms in total. The van der Waals surface area contributed by atoms with Crippen LogP contribution in [0.1, 0.15) is 41.6 Å². The van der Waals surface area contributed by atoms with E-state index in [1.54, 1.807) is 6.20 Å². The summed E-state index contributed by atoms with van der Waals surface area (Å²) in [5, 5.41) is 0. The van der Waals surface area contributed by atoms with E-state index in [1.807, 2.05) is 12.3 Å². The number of pyridine rings is 1. The molecule has 2 rings (SSSR count). The Kier molecular flexibility index (Phi) is 4.66. The average Bonchev–Trinajstić information content (AvgIpc) is 2.44. The van der Waals surface area contributed by atoms with Gasteiger partial charge >= 0.3 is 0 Å². The minimum absolute atomic E-state index is 0.0127. The zero-order valence-corrected chi connectivity index (χ0v) is 11.6. The maximum absolute atomic E-state index is 5.73. The van der Waals surface area contributed by atoms with Gasteiger partial charge in [0.1, 0.15) is 0 Å². The van der Waals surface area contributed by atoms with Crippen LogP contribution in [-0.2, 0) is 6.42 Å². The van der Waals surface area contributed by atoms with Gasteiger partial charge in [0.15, 0.2) is 0 Å². The number of aryl methyl sites for hydroxylation is 2. The van der Waals surface area contributed by atoms with Gasteiger partial charge in [-0.25, -0.2) is 5.43 Å². The molecule has 0 amide bonds. The molecule has 0 aliphatic heterocycles. The summed E-state index contributed by atoms with van der Waals surface area (Å²) in [6.45, 7) is 4.25. The third-order valence-corrected chi connectivity index (χ3v) is 3.39. The molecule has 0 spiro atoms. The van der Waals surface area contributed by atoms with Crippen molar-refractivity contribution in [2.45, 2.75) is 32.7 Å². The normalized spacial score (nSPS) is 12.4. The Morgan fingerprint density at radius 3 is 2.53 bits per heavy atom. The van der Waals surface area contributed by atoms with Crippen LogP contribution in [0.15, 0.2) is 42.7 Å². The van der Waals surface area contributed by atoms with E-state index in [-0.39, 0.29) is 6.04 Å². The maximum atomic E-state index is 5.73. The molecule has 1 aromatic heterocycles. The highest BCUT2D eigenvalue weighted by Gasteiger charge is 2.14. The minimum atomic E-state index is 0.0127. The van der Waals surface area contributed by atoms with Gasteiger partial charge in [0.05, 0.1) is 6.04 Å². The lowest BCUT2D eigenvalue weighted by Crippen LogP contribution is -2.29. The third-order valence-electron chi connectivity index (χ3n) is 3.39. The molecule has 0 saturated carbocycles. The summed E-state index contributed by atoms with van der Waals surface area (Å²) in [5.74, 6) is 5.73. The van der Waals surface area contributed by atoms with Crippen molar-refractivity contribution >= 4 is 0 Å². The number of rotatable bonds is 5. The van der Waals surface area contributed by atoms with Gasteiger partial charge in [-0.1, -0.05) is 37.6 Å². The second kappa shape index (κ2) is 6.45. The van der Waals surface area contributed by atoms with Crippen LogP contribution in [0.25, 0.3) is 0 Å². The van der Waals surface area contributed by atoms with Crippen LogP contribution in [-0.4, -0.2) is 4.98 Å². The van der Waals surface area contributed by atoms with Crippen LogP contribution >= 0.6 is 0 Å². The first-order chi connectivity index (χ1) is 9.26. The smallest absolute Gasteiger partial charge is 0.0713 e. The van der Waals surface area contributed by atoms with E-state index in [0.717, 1.165) is 12.0 Å². The summed E-state index contributed by atoms with van der Waals surface area (Å²) in [6, 6.07) is 10.7. The highest BCUT2D eigenvalue weighted by atomic mass is 15.2. The first-order valence-corrected chi connectivity index (χ1v) is 6.71. The van der Waals surface area contributed by atoms with Crippen LogP contribution in [0.2, 0.25) is 0 Å². The Labute approximate surface area is 114 Å². The number of hydrogen-bond acceptors (Lipinski definition) is 3. The second-order valence-corrected chi connectivity index (χ2v) is 4.82. The molecule has 1 unspecified atom stereocenters. The minimum Gasteiger partial charge on any atom is -0.271 e. The lowest BCUT2D eigenvalue weighted by atomic mass is 9.95. The summed E-state index contributed by atoms with van der Waals surface area (Å²) >= 11 is 0. The molecular formula is C16H21N3. The number of nitrogens with two attached hydrogens (primary N) is 1. The summed E-state index contributed by atoms with van der Waals surface area (Å²) in [5.41, 5.74) is 7.75. The van der Waals surface area contributed by atoms with E-state index in [1.165, 1.54) is 23.1 Å².